The lowest BCUT2D eigenvalue weighted by Gasteiger charge is -2.23. The van der Waals surface area contributed by atoms with Gasteiger partial charge in [-0.15, -0.1) is 0 Å². The molecule has 0 saturated heterocycles. The first-order valence-electron chi connectivity index (χ1n) is 6.08. The second-order valence-corrected chi connectivity index (χ2v) is 5.05. The molecule has 0 spiro atoms. The van der Waals surface area contributed by atoms with Gasteiger partial charge in [0.25, 0.3) is 0 Å². The van der Waals surface area contributed by atoms with E-state index in [0.29, 0.717) is 12.1 Å². The molecule has 1 rings (SSSR count). The predicted molar refractivity (Wildman–Crippen MR) is 70.4 cm³/mol. The highest BCUT2D eigenvalue weighted by Crippen LogP contribution is 2.12. The smallest absolute Gasteiger partial charge is 0.239 e. The number of carbonyl (C=O) groups excluding carboxylic acids is 1. The van der Waals surface area contributed by atoms with Crippen molar-refractivity contribution in [2.75, 3.05) is 7.05 Å². The molecule has 1 aromatic rings. The number of likely N-dealkylation sites (N-methyl/N-ethyl adjacent to an activating group) is 1. The fraction of sp³-hybridized carbons (Fsp3) is 0.500. The molecule has 0 aromatic heterocycles. The molecule has 2 N–H and O–H groups in total. The molecule has 0 aliphatic rings. The van der Waals surface area contributed by atoms with Gasteiger partial charge in [0.15, 0.2) is 0 Å². The molecule has 0 aliphatic carbocycles. The molecule has 1 atom stereocenters. The highest BCUT2D eigenvalue weighted by molar-refractivity contribution is 5.81. The van der Waals surface area contributed by atoms with Crippen LogP contribution < -0.4 is 5.73 Å². The molecule has 100 valence electrons. The van der Waals surface area contributed by atoms with Crippen molar-refractivity contribution in [1.82, 2.24) is 4.90 Å². The minimum Gasteiger partial charge on any atom is -0.340 e. The summed E-state index contributed by atoms with van der Waals surface area (Å²) in [7, 11) is 1.71. The summed E-state index contributed by atoms with van der Waals surface area (Å²) >= 11 is 0. The summed E-state index contributed by atoms with van der Waals surface area (Å²) < 4.78 is 13.1. The van der Waals surface area contributed by atoms with Crippen molar-refractivity contribution in [3.63, 3.8) is 0 Å². The van der Waals surface area contributed by atoms with Crippen LogP contribution in [0.3, 0.4) is 0 Å². The number of nitrogens with zero attached hydrogens (tertiary/aromatic N) is 1. The Kier molecular flexibility index (Phi) is 4.84. The van der Waals surface area contributed by atoms with Crippen LogP contribution in [-0.4, -0.2) is 23.9 Å². The highest BCUT2D eigenvalue weighted by Gasteiger charge is 2.21. The first-order chi connectivity index (χ1) is 8.32. The standard InChI is InChI=1S/C14H21FN2O/c1-9(2)13(16)14(18)17(4)8-11-5-6-12(15)10(3)7-11/h5-7,9,13H,8,16H2,1-4H3. The number of benzene rings is 1. The average Bonchev–Trinajstić information content (AvgIpc) is 2.31. The van der Waals surface area contributed by atoms with E-state index in [1.807, 2.05) is 13.8 Å². The number of halogens is 1. The number of amides is 1. The summed E-state index contributed by atoms with van der Waals surface area (Å²) in [4.78, 5) is 13.5. The largest absolute Gasteiger partial charge is 0.340 e. The number of rotatable bonds is 4. The van der Waals surface area contributed by atoms with Crippen molar-refractivity contribution >= 4 is 5.91 Å². The van der Waals surface area contributed by atoms with Gasteiger partial charge in [-0.2, -0.15) is 0 Å². The van der Waals surface area contributed by atoms with Crippen LogP contribution >= 0.6 is 0 Å². The summed E-state index contributed by atoms with van der Waals surface area (Å²) in [6.45, 7) is 5.98. The van der Waals surface area contributed by atoms with Crippen LogP contribution in [0.5, 0.6) is 0 Å². The van der Waals surface area contributed by atoms with Crippen LogP contribution in [0.15, 0.2) is 18.2 Å². The molecule has 4 heteroatoms. The van der Waals surface area contributed by atoms with Crippen LogP contribution in [0.2, 0.25) is 0 Å². The topological polar surface area (TPSA) is 46.3 Å². The number of hydrogen-bond donors (Lipinski definition) is 1. The number of aryl methyl sites for hydroxylation is 1. The minimum atomic E-state index is -0.489. The second kappa shape index (κ2) is 5.96. The minimum absolute atomic E-state index is 0.0908. The molecule has 3 nitrogen and oxygen atoms in total. The maximum absolute atomic E-state index is 13.1. The number of hydrogen-bond acceptors (Lipinski definition) is 2. The van der Waals surface area contributed by atoms with Crippen molar-refractivity contribution in [2.45, 2.75) is 33.4 Å². The number of nitrogens with two attached hydrogens (primary N) is 1. The third kappa shape index (κ3) is 3.53. The Balaban J connectivity index is 2.72. The van der Waals surface area contributed by atoms with Crippen molar-refractivity contribution < 1.29 is 9.18 Å². The van der Waals surface area contributed by atoms with Gasteiger partial charge in [-0.1, -0.05) is 26.0 Å². The van der Waals surface area contributed by atoms with Crippen molar-refractivity contribution in [1.29, 1.82) is 0 Å². The van der Waals surface area contributed by atoms with Gasteiger partial charge in [-0.3, -0.25) is 4.79 Å². The normalized spacial score (nSPS) is 12.6. The number of carbonyl (C=O) groups is 1. The molecule has 18 heavy (non-hydrogen) atoms. The van der Waals surface area contributed by atoms with E-state index in [9.17, 15) is 9.18 Å². The van der Waals surface area contributed by atoms with E-state index in [-0.39, 0.29) is 17.6 Å². The molecular formula is C14H21FN2O. The van der Waals surface area contributed by atoms with E-state index in [4.69, 9.17) is 5.73 Å². The summed E-state index contributed by atoms with van der Waals surface area (Å²) in [6, 6.07) is 4.37. The van der Waals surface area contributed by atoms with Gasteiger partial charge in [0.2, 0.25) is 5.91 Å². The predicted octanol–water partition coefficient (Wildman–Crippen LogP) is 2.08. The third-order valence-corrected chi connectivity index (χ3v) is 3.02. The van der Waals surface area contributed by atoms with E-state index in [1.165, 1.54) is 6.07 Å². The molecule has 1 aromatic carbocycles. The zero-order valence-electron chi connectivity index (χ0n) is 11.4. The van der Waals surface area contributed by atoms with E-state index in [1.54, 1.807) is 31.0 Å². The van der Waals surface area contributed by atoms with Gasteiger partial charge >= 0.3 is 0 Å². The summed E-state index contributed by atoms with van der Waals surface area (Å²) in [5.41, 5.74) is 7.31. The Morgan fingerprint density at radius 2 is 2.06 bits per heavy atom. The SMILES string of the molecule is Cc1cc(CN(C)C(=O)C(N)C(C)C)ccc1F. The van der Waals surface area contributed by atoms with Crippen LogP contribution in [-0.2, 0) is 11.3 Å². The first kappa shape index (κ1) is 14.6. The second-order valence-electron chi connectivity index (χ2n) is 5.05. The Hall–Kier alpha value is -1.42. The molecule has 0 radical (unpaired) electrons. The van der Waals surface area contributed by atoms with Gasteiger partial charge in [-0.25, -0.2) is 4.39 Å². The van der Waals surface area contributed by atoms with Crippen molar-refractivity contribution in [2.24, 2.45) is 11.7 Å². The van der Waals surface area contributed by atoms with E-state index >= 15 is 0 Å². The zero-order valence-corrected chi connectivity index (χ0v) is 11.4. The van der Waals surface area contributed by atoms with Crippen molar-refractivity contribution in [3.05, 3.63) is 35.1 Å². The summed E-state index contributed by atoms with van der Waals surface area (Å²) in [5.74, 6) is -0.214. The van der Waals surface area contributed by atoms with Crippen molar-refractivity contribution in [3.8, 4) is 0 Å². The van der Waals surface area contributed by atoms with Gasteiger partial charge in [-0.05, 0) is 30.0 Å². The van der Waals surface area contributed by atoms with E-state index < -0.39 is 6.04 Å². The monoisotopic (exact) mass is 252 g/mol. The Labute approximate surface area is 108 Å². The van der Waals surface area contributed by atoms with Crippen LogP contribution in [0, 0.1) is 18.7 Å². The maximum Gasteiger partial charge on any atom is 0.239 e. The summed E-state index contributed by atoms with van der Waals surface area (Å²) in [5, 5.41) is 0. The molecule has 0 aliphatic heterocycles. The lowest BCUT2D eigenvalue weighted by atomic mass is 10.0. The highest BCUT2D eigenvalue weighted by atomic mass is 19.1. The fourth-order valence-electron chi connectivity index (χ4n) is 1.70. The molecule has 0 heterocycles. The molecule has 1 unspecified atom stereocenters. The Morgan fingerprint density at radius 1 is 1.44 bits per heavy atom. The molecule has 0 saturated carbocycles. The van der Waals surface area contributed by atoms with Gasteiger partial charge in [0.05, 0.1) is 6.04 Å². The first-order valence-corrected chi connectivity index (χ1v) is 6.08. The molecular weight excluding hydrogens is 231 g/mol. The van der Waals surface area contributed by atoms with Gasteiger partial charge in [0.1, 0.15) is 5.82 Å². The van der Waals surface area contributed by atoms with Gasteiger partial charge < -0.3 is 10.6 Å². The zero-order chi connectivity index (χ0) is 13.9. The summed E-state index contributed by atoms with van der Waals surface area (Å²) in [6.07, 6.45) is 0. The Bertz CT molecular complexity index is 432. The molecule has 0 fully saturated rings. The lowest BCUT2D eigenvalue weighted by molar-refractivity contribution is -0.132. The van der Waals surface area contributed by atoms with Gasteiger partial charge in [0, 0.05) is 13.6 Å². The van der Waals surface area contributed by atoms with E-state index in [0.717, 1.165) is 5.56 Å². The van der Waals surface area contributed by atoms with Crippen LogP contribution in [0.1, 0.15) is 25.0 Å². The quantitative estimate of drug-likeness (QED) is 0.891. The third-order valence-electron chi connectivity index (χ3n) is 3.02. The fourth-order valence-corrected chi connectivity index (χ4v) is 1.70. The van der Waals surface area contributed by atoms with Crippen LogP contribution in [0.4, 0.5) is 4.39 Å². The van der Waals surface area contributed by atoms with Crippen LogP contribution in [0.25, 0.3) is 0 Å². The van der Waals surface area contributed by atoms with E-state index in [2.05, 4.69) is 0 Å². The lowest BCUT2D eigenvalue weighted by Crippen LogP contribution is -2.44. The molecule has 0 bridgehead atoms. The average molecular weight is 252 g/mol. The Morgan fingerprint density at radius 3 is 2.56 bits per heavy atom. The maximum atomic E-state index is 13.1. The molecule has 1 amide bonds.